The van der Waals surface area contributed by atoms with Gasteiger partial charge in [0.15, 0.2) is 0 Å². The molecule has 0 aliphatic carbocycles. The molecular formula is C8H7F3N2O2. The molecule has 15 heavy (non-hydrogen) atoms. The van der Waals surface area contributed by atoms with Crippen molar-refractivity contribution in [1.29, 1.82) is 0 Å². The monoisotopic (exact) mass is 220 g/mol. The quantitative estimate of drug-likeness (QED) is 0.470. The van der Waals surface area contributed by atoms with Gasteiger partial charge in [-0.1, -0.05) is 5.16 Å². The molecule has 0 radical (unpaired) electrons. The van der Waals surface area contributed by atoms with E-state index >= 15 is 0 Å². The molecule has 7 heteroatoms. The number of nitrogens with zero attached hydrogens (tertiary/aromatic N) is 2. The first-order chi connectivity index (χ1) is 6.99. The number of halogens is 3. The Balaban J connectivity index is 3.22. The van der Waals surface area contributed by atoms with Crippen LogP contribution in [0.15, 0.2) is 17.4 Å². The van der Waals surface area contributed by atoms with Gasteiger partial charge in [-0.05, 0) is 6.07 Å². The van der Waals surface area contributed by atoms with Crippen molar-refractivity contribution in [1.82, 2.24) is 4.98 Å². The zero-order valence-corrected chi connectivity index (χ0v) is 7.62. The first-order valence-corrected chi connectivity index (χ1v) is 3.77. The van der Waals surface area contributed by atoms with Gasteiger partial charge in [-0.2, -0.15) is 13.2 Å². The highest BCUT2D eigenvalue weighted by molar-refractivity contribution is 5.82. The third kappa shape index (κ3) is 2.58. The zero-order valence-electron chi connectivity index (χ0n) is 7.62. The lowest BCUT2D eigenvalue weighted by atomic mass is 10.2. The van der Waals surface area contributed by atoms with E-state index in [-0.39, 0.29) is 11.4 Å². The number of hydrogen-bond acceptors (Lipinski definition) is 4. The maximum atomic E-state index is 12.3. The molecule has 0 saturated carbocycles. The molecule has 0 aromatic carbocycles. The van der Waals surface area contributed by atoms with Crippen LogP contribution in [0.5, 0.6) is 5.88 Å². The highest BCUT2D eigenvalue weighted by atomic mass is 19.4. The second-order valence-corrected chi connectivity index (χ2v) is 2.56. The summed E-state index contributed by atoms with van der Waals surface area (Å²) in [7, 11) is 1.25. The van der Waals surface area contributed by atoms with Crippen molar-refractivity contribution in [3.8, 4) is 5.88 Å². The Morgan fingerprint density at radius 1 is 1.53 bits per heavy atom. The lowest BCUT2D eigenvalue weighted by molar-refractivity contribution is -0.137. The van der Waals surface area contributed by atoms with Crippen LogP contribution < -0.4 is 4.74 Å². The molecule has 1 heterocycles. The SMILES string of the molecule is COc1ncc(C(F)(F)F)cc1/C=N/O. The van der Waals surface area contributed by atoms with Crippen molar-refractivity contribution in [3.05, 3.63) is 23.4 Å². The van der Waals surface area contributed by atoms with E-state index in [9.17, 15) is 13.2 Å². The van der Waals surface area contributed by atoms with Crippen molar-refractivity contribution in [3.63, 3.8) is 0 Å². The van der Waals surface area contributed by atoms with Crippen molar-refractivity contribution in [2.75, 3.05) is 7.11 Å². The van der Waals surface area contributed by atoms with Gasteiger partial charge in [0.25, 0.3) is 0 Å². The molecule has 0 aliphatic rings. The molecule has 0 aliphatic heterocycles. The maximum absolute atomic E-state index is 12.3. The first-order valence-electron chi connectivity index (χ1n) is 3.77. The molecule has 1 aromatic heterocycles. The van der Waals surface area contributed by atoms with Crippen molar-refractivity contribution in [2.45, 2.75) is 6.18 Å². The summed E-state index contributed by atoms with van der Waals surface area (Å²) in [6.45, 7) is 0. The van der Waals surface area contributed by atoms with Gasteiger partial charge in [-0.25, -0.2) is 4.98 Å². The summed E-state index contributed by atoms with van der Waals surface area (Å²) in [4.78, 5) is 3.44. The predicted molar refractivity (Wildman–Crippen MR) is 45.2 cm³/mol. The van der Waals surface area contributed by atoms with Crippen LogP contribution in [0.2, 0.25) is 0 Å². The topological polar surface area (TPSA) is 54.7 Å². The number of hydrogen-bond donors (Lipinski definition) is 1. The van der Waals surface area contributed by atoms with Crippen molar-refractivity contribution in [2.24, 2.45) is 5.16 Å². The summed E-state index contributed by atoms with van der Waals surface area (Å²) < 4.78 is 41.5. The Morgan fingerprint density at radius 3 is 2.67 bits per heavy atom. The average molecular weight is 220 g/mol. The van der Waals surface area contributed by atoms with Gasteiger partial charge >= 0.3 is 6.18 Å². The normalized spacial score (nSPS) is 12.0. The molecule has 1 rings (SSSR count). The van der Waals surface area contributed by atoms with E-state index in [0.29, 0.717) is 6.20 Å². The fourth-order valence-electron chi connectivity index (χ4n) is 0.950. The number of oxime groups is 1. The molecule has 1 aromatic rings. The number of aromatic nitrogens is 1. The van der Waals surface area contributed by atoms with E-state index in [2.05, 4.69) is 14.9 Å². The van der Waals surface area contributed by atoms with E-state index in [1.54, 1.807) is 0 Å². The minimum absolute atomic E-state index is 0.0409. The highest BCUT2D eigenvalue weighted by Gasteiger charge is 2.31. The van der Waals surface area contributed by atoms with E-state index in [1.165, 1.54) is 7.11 Å². The van der Waals surface area contributed by atoms with Crippen LogP contribution in [0.4, 0.5) is 13.2 Å². The van der Waals surface area contributed by atoms with Gasteiger partial charge in [0, 0.05) is 6.20 Å². The number of methoxy groups -OCH3 is 1. The summed E-state index contributed by atoms with van der Waals surface area (Å²) in [6.07, 6.45) is -3.02. The minimum Gasteiger partial charge on any atom is -0.481 e. The fourth-order valence-corrected chi connectivity index (χ4v) is 0.950. The van der Waals surface area contributed by atoms with E-state index < -0.39 is 11.7 Å². The van der Waals surface area contributed by atoms with E-state index in [1.807, 2.05) is 0 Å². The van der Waals surface area contributed by atoms with Crippen LogP contribution in [0, 0.1) is 0 Å². The molecular weight excluding hydrogens is 213 g/mol. The van der Waals surface area contributed by atoms with E-state index in [0.717, 1.165) is 12.3 Å². The van der Waals surface area contributed by atoms with Gasteiger partial charge in [0.05, 0.1) is 24.5 Å². The average Bonchev–Trinajstić information content (AvgIpc) is 2.17. The molecule has 82 valence electrons. The van der Waals surface area contributed by atoms with Gasteiger partial charge in [-0.15, -0.1) is 0 Å². The predicted octanol–water partition coefficient (Wildman–Crippen LogP) is 1.92. The Bertz CT molecular complexity index is 377. The van der Waals surface area contributed by atoms with Gasteiger partial charge in [-0.3, -0.25) is 0 Å². The maximum Gasteiger partial charge on any atom is 0.417 e. The summed E-state index contributed by atoms with van der Waals surface area (Å²) in [5.41, 5.74) is -0.979. The third-order valence-corrected chi connectivity index (χ3v) is 1.60. The molecule has 0 atom stereocenters. The number of pyridine rings is 1. The van der Waals surface area contributed by atoms with Crippen molar-refractivity contribution >= 4 is 6.21 Å². The standard InChI is InChI=1S/C8H7F3N2O2/c1-15-7-5(3-13-14)2-6(4-12-7)8(9,10)11/h2-4,14H,1H3/b13-3+. The zero-order chi connectivity index (χ0) is 11.5. The van der Waals surface area contributed by atoms with Crippen LogP contribution in [-0.2, 0) is 6.18 Å². The first kappa shape index (κ1) is 11.3. The Labute approximate surface area is 83.0 Å². The Morgan fingerprint density at radius 2 is 2.20 bits per heavy atom. The largest absolute Gasteiger partial charge is 0.481 e. The summed E-state index contributed by atoms with van der Waals surface area (Å²) in [5, 5.41) is 10.9. The highest BCUT2D eigenvalue weighted by Crippen LogP contribution is 2.30. The summed E-state index contributed by atoms with van der Waals surface area (Å²) in [5.74, 6) is -0.0409. The molecule has 0 saturated heterocycles. The molecule has 0 amide bonds. The number of ether oxygens (including phenoxy) is 1. The third-order valence-electron chi connectivity index (χ3n) is 1.60. The van der Waals surface area contributed by atoms with Crippen LogP contribution in [-0.4, -0.2) is 23.5 Å². The van der Waals surface area contributed by atoms with Gasteiger partial charge in [0.1, 0.15) is 0 Å². The summed E-state index contributed by atoms with van der Waals surface area (Å²) in [6, 6.07) is 0.783. The van der Waals surface area contributed by atoms with Crippen molar-refractivity contribution < 1.29 is 23.1 Å². The van der Waals surface area contributed by atoms with Crippen LogP contribution >= 0.6 is 0 Å². The Kier molecular flexibility index (Phi) is 3.13. The molecule has 0 spiro atoms. The summed E-state index contributed by atoms with van der Waals surface area (Å²) >= 11 is 0. The fraction of sp³-hybridized carbons (Fsp3) is 0.250. The second kappa shape index (κ2) is 4.16. The molecule has 4 nitrogen and oxygen atoms in total. The lowest BCUT2D eigenvalue weighted by Crippen LogP contribution is -2.07. The van der Waals surface area contributed by atoms with Crippen LogP contribution in [0.1, 0.15) is 11.1 Å². The number of alkyl halides is 3. The molecule has 1 N–H and O–H groups in total. The van der Waals surface area contributed by atoms with Crippen LogP contribution in [0.3, 0.4) is 0 Å². The lowest BCUT2D eigenvalue weighted by Gasteiger charge is -2.08. The minimum atomic E-state index is -4.49. The number of rotatable bonds is 2. The molecule has 0 fully saturated rings. The molecule has 0 unspecified atom stereocenters. The Hall–Kier alpha value is -1.79. The smallest absolute Gasteiger partial charge is 0.417 e. The second-order valence-electron chi connectivity index (χ2n) is 2.56. The van der Waals surface area contributed by atoms with Gasteiger partial charge < -0.3 is 9.94 Å². The van der Waals surface area contributed by atoms with Crippen LogP contribution in [0.25, 0.3) is 0 Å². The van der Waals surface area contributed by atoms with Gasteiger partial charge in [0.2, 0.25) is 5.88 Å². The molecule has 0 bridgehead atoms. The van der Waals surface area contributed by atoms with E-state index in [4.69, 9.17) is 5.21 Å².